The lowest BCUT2D eigenvalue weighted by Gasteiger charge is -2.06. The summed E-state index contributed by atoms with van der Waals surface area (Å²) in [6.07, 6.45) is 2.76. The van der Waals surface area contributed by atoms with Crippen LogP contribution in [0.3, 0.4) is 0 Å². The summed E-state index contributed by atoms with van der Waals surface area (Å²) in [5.41, 5.74) is 1.82. The van der Waals surface area contributed by atoms with Crippen molar-refractivity contribution in [3.05, 3.63) is 53.3 Å². The van der Waals surface area contributed by atoms with Crippen LogP contribution >= 0.6 is 11.3 Å². The number of hydrogen-bond acceptors (Lipinski definition) is 7. The highest BCUT2D eigenvalue weighted by Gasteiger charge is 2.13. The molecule has 0 aliphatic heterocycles. The summed E-state index contributed by atoms with van der Waals surface area (Å²) in [6, 6.07) is 9.46. The number of nitrogens with one attached hydrogen (secondary N) is 2. The van der Waals surface area contributed by atoms with Gasteiger partial charge in [0.2, 0.25) is 0 Å². The van der Waals surface area contributed by atoms with Crippen LogP contribution in [0.2, 0.25) is 0 Å². The van der Waals surface area contributed by atoms with E-state index in [1.807, 2.05) is 37.3 Å². The molecule has 7 nitrogen and oxygen atoms in total. The fourth-order valence-corrected chi connectivity index (χ4v) is 2.99. The third-order valence-electron chi connectivity index (χ3n) is 3.43. The maximum atomic E-state index is 12.0. The van der Waals surface area contributed by atoms with Gasteiger partial charge in [-0.2, -0.15) is 0 Å². The summed E-state index contributed by atoms with van der Waals surface area (Å²) in [5, 5.41) is 15.4. The fourth-order valence-electron chi connectivity index (χ4n) is 2.19. The van der Waals surface area contributed by atoms with Crippen molar-refractivity contribution in [2.75, 3.05) is 11.9 Å². The highest BCUT2D eigenvalue weighted by Crippen LogP contribution is 2.26. The number of aromatic nitrogens is 3. The van der Waals surface area contributed by atoms with Crippen LogP contribution in [0.25, 0.3) is 10.6 Å². The zero-order valence-corrected chi connectivity index (χ0v) is 15.2. The summed E-state index contributed by atoms with van der Waals surface area (Å²) >= 11 is 1.25. The van der Waals surface area contributed by atoms with Gasteiger partial charge in [0.05, 0.1) is 16.7 Å². The zero-order valence-electron chi connectivity index (χ0n) is 14.4. The average molecular weight is 369 g/mol. The molecule has 3 N–H and O–H groups in total. The Kier molecular flexibility index (Phi) is 5.55. The van der Waals surface area contributed by atoms with E-state index in [2.05, 4.69) is 25.6 Å². The lowest BCUT2D eigenvalue weighted by Crippen LogP contribution is -2.30. The van der Waals surface area contributed by atoms with Crippen molar-refractivity contribution < 1.29 is 9.90 Å². The highest BCUT2D eigenvalue weighted by atomic mass is 32.1. The van der Waals surface area contributed by atoms with Crippen LogP contribution in [0, 0.1) is 6.92 Å². The van der Waals surface area contributed by atoms with E-state index in [9.17, 15) is 9.90 Å². The van der Waals surface area contributed by atoms with Gasteiger partial charge in [-0.25, -0.2) is 15.0 Å². The normalized spacial score (nSPS) is 11.8. The molecule has 0 aliphatic rings. The Bertz CT molecular complexity index is 910. The molecule has 0 radical (unpaired) electrons. The molecule has 0 aromatic carbocycles. The van der Waals surface area contributed by atoms with Gasteiger partial charge in [-0.05, 0) is 43.7 Å². The van der Waals surface area contributed by atoms with Crippen molar-refractivity contribution in [1.82, 2.24) is 20.3 Å². The van der Waals surface area contributed by atoms with E-state index in [4.69, 9.17) is 0 Å². The number of aryl methyl sites for hydroxylation is 1. The number of rotatable bonds is 6. The zero-order chi connectivity index (χ0) is 18.5. The Morgan fingerprint density at radius 2 is 2.12 bits per heavy atom. The van der Waals surface area contributed by atoms with Gasteiger partial charge >= 0.3 is 0 Å². The number of aliphatic hydroxyl groups excluding tert-OH is 1. The molecule has 1 atom stereocenters. The average Bonchev–Trinajstić information content (AvgIpc) is 3.10. The number of anilines is 2. The van der Waals surface area contributed by atoms with Gasteiger partial charge in [0.15, 0.2) is 5.01 Å². The van der Waals surface area contributed by atoms with Crippen molar-refractivity contribution >= 4 is 28.9 Å². The van der Waals surface area contributed by atoms with Crippen LogP contribution in [-0.2, 0) is 0 Å². The van der Waals surface area contributed by atoms with Crippen LogP contribution < -0.4 is 10.6 Å². The first-order chi connectivity index (χ1) is 12.5. The first-order valence-electron chi connectivity index (χ1n) is 8.10. The van der Waals surface area contributed by atoms with Gasteiger partial charge in [-0.3, -0.25) is 4.79 Å². The molecule has 3 rings (SSSR count). The van der Waals surface area contributed by atoms with E-state index in [-0.39, 0.29) is 12.5 Å². The minimum absolute atomic E-state index is 0.189. The SMILES string of the molecule is Cc1ccnc(Nc2cccc(-c3cnc(C(=O)NCC(C)O)s3)n2)c1. The van der Waals surface area contributed by atoms with Crippen molar-refractivity contribution in [3.63, 3.8) is 0 Å². The predicted molar refractivity (Wildman–Crippen MR) is 102 cm³/mol. The highest BCUT2D eigenvalue weighted by molar-refractivity contribution is 7.16. The summed E-state index contributed by atoms with van der Waals surface area (Å²) in [5.74, 6) is 1.08. The Morgan fingerprint density at radius 3 is 2.88 bits per heavy atom. The van der Waals surface area contributed by atoms with Crippen molar-refractivity contribution in [3.8, 4) is 10.6 Å². The molecular weight excluding hydrogens is 350 g/mol. The number of amides is 1. The molecule has 3 heterocycles. The van der Waals surface area contributed by atoms with Gasteiger partial charge in [0, 0.05) is 18.9 Å². The van der Waals surface area contributed by atoms with E-state index in [0.29, 0.717) is 10.8 Å². The summed E-state index contributed by atoms with van der Waals surface area (Å²) < 4.78 is 0. The number of carbonyl (C=O) groups is 1. The molecule has 0 fully saturated rings. The molecule has 0 saturated heterocycles. The molecule has 134 valence electrons. The molecular formula is C18H19N5O2S. The lowest BCUT2D eigenvalue weighted by atomic mass is 10.3. The summed E-state index contributed by atoms with van der Waals surface area (Å²) in [7, 11) is 0. The van der Waals surface area contributed by atoms with Crippen LogP contribution in [0.5, 0.6) is 0 Å². The van der Waals surface area contributed by atoms with Gasteiger partial charge in [-0.1, -0.05) is 6.07 Å². The number of thiazole rings is 1. The number of carbonyl (C=O) groups excluding carboxylic acids is 1. The third kappa shape index (κ3) is 4.62. The van der Waals surface area contributed by atoms with Gasteiger partial charge < -0.3 is 15.7 Å². The van der Waals surface area contributed by atoms with E-state index in [0.717, 1.165) is 22.0 Å². The number of pyridine rings is 2. The van der Waals surface area contributed by atoms with Crippen molar-refractivity contribution in [2.45, 2.75) is 20.0 Å². The third-order valence-corrected chi connectivity index (χ3v) is 4.45. The van der Waals surface area contributed by atoms with Gasteiger partial charge in [0.25, 0.3) is 5.91 Å². The number of hydrogen-bond donors (Lipinski definition) is 3. The van der Waals surface area contributed by atoms with Gasteiger partial charge in [-0.15, -0.1) is 11.3 Å². The molecule has 1 amide bonds. The summed E-state index contributed by atoms with van der Waals surface area (Å²) in [6.45, 7) is 3.80. The van der Waals surface area contributed by atoms with Crippen molar-refractivity contribution in [2.24, 2.45) is 0 Å². The second-order valence-electron chi connectivity index (χ2n) is 5.84. The molecule has 1 unspecified atom stereocenters. The minimum atomic E-state index is -0.599. The quantitative estimate of drug-likeness (QED) is 0.618. The van der Waals surface area contributed by atoms with E-state index < -0.39 is 6.10 Å². The monoisotopic (exact) mass is 369 g/mol. The number of aliphatic hydroxyl groups is 1. The number of nitrogens with zero attached hydrogens (tertiary/aromatic N) is 3. The Morgan fingerprint density at radius 1 is 1.27 bits per heavy atom. The topological polar surface area (TPSA) is 100 Å². The first-order valence-corrected chi connectivity index (χ1v) is 8.92. The summed E-state index contributed by atoms with van der Waals surface area (Å²) in [4.78, 5) is 25.8. The Hall–Kier alpha value is -2.84. The smallest absolute Gasteiger partial charge is 0.280 e. The largest absolute Gasteiger partial charge is 0.392 e. The second-order valence-corrected chi connectivity index (χ2v) is 6.87. The standard InChI is InChI=1S/C18H19N5O2S/c1-11-6-7-19-16(8-11)23-15-5-3-4-13(22-15)14-10-21-18(26-14)17(25)20-9-12(2)24/h3-8,10,12,24H,9H2,1-2H3,(H,20,25)(H,19,22,23). The molecule has 26 heavy (non-hydrogen) atoms. The molecule has 0 aliphatic carbocycles. The minimum Gasteiger partial charge on any atom is -0.392 e. The molecule has 3 aromatic heterocycles. The Balaban J connectivity index is 1.75. The van der Waals surface area contributed by atoms with Gasteiger partial charge in [0.1, 0.15) is 11.6 Å². The molecule has 3 aromatic rings. The fraction of sp³-hybridized carbons (Fsp3) is 0.222. The molecule has 0 saturated carbocycles. The lowest BCUT2D eigenvalue weighted by molar-refractivity contribution is 0.0923. The van der Waals surface area contributed by atoms with Crippen LogP contribution in [-0.4, -0.2) is 38.6 Å². The second kappa shape index (κ2) is 8.03. The van der Waals surface area contributed by atoms with E-state index >= 15 is 0 Å². The maximum Gasteiger partial charge on any atom is 0.280 e. The predicted octanol–water partition coefficient (Wildman–Crippen LogP) is 2.76. The van der Waals surface area contributed by atoms with E-state index in [1.54, 1.807) is 19.3 Å². The van der Waals surface area contributed by atoms with E-state index in [1.165, 1.54) is 11.3 Å². The van der Waals surface area contributed by atoms with Crippen LogP contribution in [0.4, 0.5) is 11.6 Å². The Labute approximate surface area is 155 Å². The van der Waals surface area contributed by atoms with Crippen molar-refractivity contribution in [1.29, 1.82) is 0 Å². The molecule has 8 heteroatoms. The van der Waals surface area contributed by atoms with Crippen LogP contribution in [0.1, 0.15) is 22.3 Å². The van der Waals surface area contributed by atoms with Crippen LogP contribution in [0.15, 0.2) is 42.7 Å². The maximum absolute atomic E-state index is 12.0. The molecule has 0 spiro atoms. The first kappa shape index (κ1) is 18.0. The molecule has 0 bridgehead atoms.